The van der Waals surface area contributed by atoms with Crippen LogP contribution in [0.5, 0.6) is 5.75 Å². The summed E-state index contributed by atoms with van der Waals surface area (Å²) < 4.78 is 28.1. The van der Waals surface area contributed by atoms with Crippen LogP contribution in [0.2, 0.25) is 0 Å². The molecule has 1 amide bonds. The van der Waals surface area contributed by atoms with Gasteiger partial charge in [0.1, 0.15) is 11.4 Å². The number of alkyl carbamates (subject to hydrolysis) is 1. The maximum Gasteiger partial charge on any atom is 0.495 e. The Hall–Kier alpha value is -1.81. The second-order valence-corrected chi connectivity index (χ2v) is 8.82. The third-order valence-electron chi connectivity index (χ3n) is 4.63. The molecule has 0 spiro atoms. The van der Waals surface area contributed by atoms with Crippen molar-refractivity contribution < 1.29 is 33.4 Å². The van der Waals surface area contributed by atoms with Crippen molar-refractivity contribution in [3.63, 3.8) is 0 Å². The zero-order valence-corrected chi connectivity index (χ0v) is 17.7. The molecule has 0 aliphatic carbocycles. The fraction of sp³-hybridized carbons (Fsp3) is 0.650. The largest absolute Gasteiger partial charge is 0.495 e. The van der Waals surface area contributed by atoms with Crippen LogP contribution in [-0.2, 0) is 18.9 Å². The SMILES string of the molecule is CC(C)(C)OC(=O)NCC1OB(O)c2c(OCC3COC(C)(C)OC3)cccc21. The molecule has 1 saturated heterocycles. The van der Waals surface area contributed by atoms with E-state index in [0.717, 1.165) is 5.56 Å². The Morgan fingerprint density at radius 3 is 2.66 bits per heavy atom. The molecule has 1 aromatic rings. The van der Waals surface area contributed by atoms with E-state index in [-0.39, 0.29) is 12.5 Å². The minimum atomic E-state index is -1.12. The van der Waals surface area contributed by atoms with Gasteiger partial charge in [0.05, 0.1) is 25.9 Å². The number of rotatable bonds is 5. The van der Waals surface area contributed by atoms with E-state index in [1.807, 2.05) is 26.0 Å². The molecule has 0 aromatic heterocycles. The highest BCUT2D eigenvalue weighted by Gasteiger charge is 2.38. The van der Waals surface area contributed by atoms with Crippen LogP contribution in [0.1, 0.15) is 46.3 Å². The molecule has 1 unspecified atom stereocenters. The Kier molecular flexibility index (Phi) is 6.43. The van der Waals surface area contributed by atoms with E-state index < -0.39 is 30.7 Å². The Morgan fingerprint density at radius 2 is 2.00 bits per heavy atom. The van der Waals surface area contributed by atoms with Crippen molar-refractivity contribution in [2.24, 2.45) is 5.92 Å². The molecule has 3 rings (SSSR count). The minimum Gasteiger partial charge on any atom is -0.493 e. The highest BCUT2D eigenvalue weighted by atomic mass is 16.7. The van der Waals surface area contributed by atoms with Crippen molar-refractivity contribution >= 4 is 18.7 Å². The smallest absolute Gasteiger partial charge is 0.493 e. The molecular formula is C20H30BNO7. The lowest BCUT2D eigenvalue weighted by atomic mass is 9.78. The normalized spacial score (nSPS) is 21.6. The lowest BCUT2D eigenvalue weighted by Crippen LogP contribution is -2.41. The van der Waals surface area contributed by atoms with Gasteiger partial charge in [0, 0.05) is 17.9 Å². The van der Waals surface area contributed by atoms with Gasteiger partial charge >= 0.3 is 13.2 Å². The quantitative estimate of drug-likeness (QED) is 0.718. The predicted molar refractivity (Wildman–Crippen MR) is 107 cm³/mol. The molecule has 1 atom stereocenters. The third kappa shape index (κ3) is 5.85. The average Bonchev–Trinajstić information content (AvgIpc) is 2.94. The zero-order valence-electron chi connectivity index (χ0n) is 17.7. The lowest BCUT2D eigenvalue weighted by molar-refractivity contribution is -0.264. The number of benzene rings is 1. The van der Waals surface area contributed by atoms with Gasteiger partial charge in [-0.05, 0) is 46.2 Å². The zero-order chi connectivity index (χ0) is 21.2. The molecule has 1 fully saturated rings. The van der Waals surface area contributed by atoms with Crippen LogP contribution in [0, 0.1) is 5.92 Å². The number of fused-ring (bicyclic) bond motifs is 1. The van der Waals surface area contributed by atoms with Crippen LogP contribution >= 0.6 is 0 Å². The maximum atomic E-state index is 11.9. The maximum absolute atomic E-state index is 11.9. The van der Waals surface area contributed by atoms with Crippen LogP contribution < -0.4 is 15.5 Å². The van der Waals surface area contributed by atoms with Gasteiger partial charge in [-0.1, -0.05) is 12.1 Å². The summed E-state index contributed by atoms with van der Waals surface area (Å²) in [5, 5.41) is 13.1. The average molecular weight is 407 g/mol. The van der Waals surface area contributed by atoms with E-state index in [9.17, 15) is 9.82 Å². The number of nitrogens with one attached hydrogen (secondary N) is 1. The number of carbonyl (C=O) groups is 1. The van der Waals surface area contributed by atoms with Gasteiger partial charge in [0.2, 0.25) is 0 Å². The lowest BCUT2D eigenvalue weighted by Gasteiger charge is -2.34. The summed E-state index contributed by atoms with van der Waals surface area (Å²) >= 11 is 0. The second kappa shape index (κ2) is 8.51. The van der Waals surface area contributed by atoms with E-state index in [1.165, 1.54) is 0 Å². The van der Waals surface area contributed by atoms with Gasteiger partial charge < -0.3 is 33.9 Å². The Morgan fingerprint density at radius 1 is 1.31 bits per heavy atom. The topological polar surface area (TPSA) is 95.5 Å². The Balaban J connectivity index is 1.60. The molecule has 0 bridgehead atoms. The van der Waals surface area contributed by atoms with Crippen LogP contribution in [0.25, 0.3) is 0 Å². The third-order valence-corrected chi connectivity index (χ3v) is 4.63. The summed E-state index contributed by atoms with van der Waals surface area (Å²) in [5.41, 5.74) is 0.783. The van der Waals surface area contributed by atoms with Gasteiger partial charge in [-0.15, -0.1) is 0 Å². The monoisotopic (exact) mass is 407 g/mol. The van der Waals surface area contributed by atoms with Gasteiger partial charge in [0.15, 0.2) is 5.79 Å². The van der Waals surface area contributed by atoms with Crippen LogP contribution in [-0.4, -0.2) is 56.0 Å². The molecule has 29 heavy (non-hydrogen) atoms. The van der Waals surface area contributed by atoms with E-state index in [0.29, 0.717) is 31.0 Å². The molecule has 0 radical (unpaired) electrons. The molecule has 2 aliphatic rings. The first-order chi connectivity index (χ1) is 13.5. The fourth-order valence-electron chi connectivity index (χ4n) is 3.21. The van der Waals surface area contributed by atoms with E-state index in [2.05, 4.69) is 5.32 Å². The number of ether oxygens (including phenoxy) is 4. The van der Waals surface area contributed by atoms with Gasteiger partial charge in [-0.25, -0.2) is 4.79 Å². The predicted octanol–water partition coefficient (Wildman–Crippen LogP) is 1.75. The number of amides is 1. The van der Waals surface area contributed by atoms with Crippen molar-refractivity contribution in [3.8, 4) is 5.75 Å². The van der Waals surface area contributed by atoms with Crippen molar-refractivity contribution in [3.05, 3.63) is 23.8 Å². The fourth-order valence-corrected chi connectivity index (χ4v) is 3.21. The first-order valence-electron chi connectivity index (χ1n) is 9.88. The molecule has 0 saturated carbocycles. The summed E-state index contributed by atoms with van der Waals surface area (Å²) in [6.45, 7) is 10.8. The van der Waals surface area contributed by atoms with Gasteiger partial charge in [-0.2, -0.15) is 0 Å². The van der Waals surface area contributed by atoms with E-state index >= 15 is 0 Å². The first kappa shape index (κ1) is 21.9. The molecule has 160 valence electrons. The first-order valence-corrected chi connectivity index (χ1v) is 9.88. The summed E-state index contributed by atoms with van der Waals surface area (Å²) in [7, 11) is -1.12. The number of carbonyl (C=O) groups excluding carboxylic acids is 1. The van der Waals surface area contributed by atoms with Crippen molar-refractivity contribution in [2.45, 2.75) is 52.1 Å². The van der Waals surface area contributed by atoms with Crippen LogP contribution in [0.15, 0.2) is 18.2 Å². The highest BCUT2D eigenvalue weighted by Crippen LogP contribution is 2.28. The molecule has 9 heteroatoms. The summed E-state index contributed by atoms with van der Waals surface area (Å²) in [6.07, 6.45) is -1.02. The van der Waals surface area contributed by atoms with Crippen molar-refractivity contribution in [1.82, 2.24) is 5.32 Å². The highest BCUT2D eigenvalue weighted by molar-refractivity contribution is 6.62. The Labute approximate surface area is 171 Å². The van der Waals surface area contributed by atoms with Crippen molar-refractivity contribution in [1.29, 1.82) is 0 Å². The van der Waals surface area contributed by atoms with E-state index in [1.54, 1.807) is 26.8 Å². The molecule has 2 aliphatic heterocycles. The molecular weight excluding hydrogens is 377 g/mol. The van der Waals surface area contributed by atoms with Crippen molar-refractivity contribution in [2.75, 3.05) is 26.4 Å². The molecule has 2 heterocycles. The molecule has 8 nitrogen and oxygen atoms in total. The van der Waals surface area contributed by atoms with E-state index in [4.69, 9.17) is 23.6 Å². The number of hydrogen-bond acceptors (Lipinski definition) is 7. The Bertz CT molecular complexity index is 724. The van der Waals surface area contributed by atoms with Crippen LogP contribution in [0.4, 0.5) is 4.79 Å². The summed E-state index contributed by atoms with van der Waals surface area (Å²) in [5.74, 6) is 0.0886. The molecule has 2 N–H and O–H groups in total. The number of hydrogen-bond donors (Lipinski definition) is 2. The van der Waals surface area contributed by atoms with Gasteiger partial charge in [-0.3, -0.25) is 0 Å². The van der Waals surface area contributed by atoms with Crippen LogP contribution in [0.3, 0.4) is 0 Å². The minimum absolute atomic E-state index is 0.1000. The standard InChI is InChI=1S/C20H30BNO7/c1-19(2,3)28-18(23)22-9-16-14-7-6-8-15(17(14)21(24)29-16)25-10-13-11-26-20(4,5)27-12-13/h6-8,13,16,24H,9-12H2,1-5H3,(H,22,23). The second-order valence-electron chi connectivity index (χ2n) is 8.82. The summed E-state index contributed by atoms with van der Waals surface area (Å²) in [6, 6.07) is 5.49. The molecule has 1 aromatic carbocycles. The van der Waals surface area contributed by atoms with Gasteiger partial charge in [0.25, 0.3) is 0 Å². The summed E-state index contributed by atoms with van der Waals surface area (Å²) in [4.78, 5) is 11.9.